The van der Waals surface area contributed by atoms with Gasteiger partial charge in [0.2, 0.25) is 5.60 Å². The molecule has 1 aromatic rings. The molecule has 1 atom stereocenters. The molecule has 0 unspecified atom stereocenters. The Labute approximate surface area is 126 Å². The third kappa shape index (κ3) is 3.63. The van der Waals surface area contributed by atoms with E-state index in [1.54, 1.807) is 0 Å². The highest BCUT2D eigenvalue weighted by atomic mass is 16.7. The topological polar surface area (TPSA) is 47.9 Å². The van der Waals surface area contributed by atoms with Crippen LogP contribution in [0.3, 0.4) is 0 Å². The van der Waals surface area contributed by atoms with Gasteiger partial charge < -0.3 is 9.57 Å². The molecule has 0 spiro atoms. The van der Waals surface area contributed by atoms with E-state index in [0.717, 1.165) is 17.7 Å². The molecule has 0 amide bonds. The summed E-state index contributed by atoms with van der Waals surface area (Å²) in [5.74, 6) is -0.327. The van der Waals surface area contributed by atoms with E-state index in [2.05, 4.69) is 5.16 Å². The van der Waals surface area contributed by atoms with E-state index in [1.807, 2.05) is 58.0 Å². The van der Waals surface area contributed by atoms with E-state index < -0.39 is 11.2 Å². The van der Waals surface area contributed by atoms with Gasteiger partial charge in [-0.25, -0.2) is 4.79 Å². The predicted octanol–water partition coefficient (Wildman–Crippen LogP) is 3.69. The maximum atomic E-state index is 12.5. The van der Waals surface area contributed by atoms with Gasteiger partial charge >= 0.3 is 5.97 Å². The molecule has 4 nitrogen and oxygen atoms in total. The fraction of sp³-hybridized carbons (Fsp3) is 0.529. The Morgan fingerprint density at radius 2 is 2.00 bits per heavy atom. The van der Waals surface area contributed by atoms with Gasteiger partial charge in [0.25, 0.3) is 0 Å². The Kier molecular flexibility index (Phi) is 4.35. The molecule has 1 aliphatic heterocycles. The molecule has 1 heterocycles. The minimum atomic E-state index is -0.979. The van der Waals surface area contributed by atoms with Crippen molar-refractivity contribution in [2.24, 2.45) is 5.16 Å². The Bertz CT molecular complexity index is 531. The van der Waals surface area contributed by atoms with Gasteiger partial charge in [0, 0.05) is 12.8 Å². The first-order chi connectivity index (χ1) is 9.86. The summed E-state index contributed by atoms with van der Waals surface area (Å²) >= 11 is 0. The van der Waals surface area contributed by atoms with Gasteiger partial charge in [-0.1, -0.05) is 48.8 Å². The largest absolute Gasteiger partial charge is 0.457 e. The highest BCUT2D eigenvalue weighted by Gasteiger charge is 2.48. The van der Waals surface area contributed by atoms with Gasteiger partial charge in [0.05, 0.1) is 5.71 Å². The maximum Gasteiger partial charge on any atom is 0.354 e. The second-order valence-electron chi connectivity index (χ2n) is 6.42. The first-order valence-electron chi connectivity index (χ1n) is 7.40. The van der Waals surface area contributed by atoms with Crippen LogP contribution in [0.2, 0.25) is 0 Å². The lowest BCUT2D eigenvalue weighted by Gasteiger charge is -2.28. The van der Waals surface area contributed by atoms with Crippen molar-refractivity contribution in [2.75, 3.05) is 0 Å². The minimum Gasteiger partial charge on any atom is -0.457 e. The summed E-state index contributed by atoms with van der Waals surface area (Å²) in [6.45, 7) is 7.60. The molecule has 0 aromatic heterocycles. The zero-order valence-electron chi connectivity index (χ0n) is 13.2. The summed E-state index contributed by atoms with van der Waals surface area (Å²) in [5.41, 5.74) is 0.276. The fourth-order valence-electron chi connectivity index (χ4n) is 2.38. The standard InChI is InChI=1S/C17H23NO3/c1-5-11-17(15(19)20-16(2,3)4)12-14(18-21-17)13-9-7-6-8-10-13/h6-10H,5,11-12H2,1-4H3/t17-/m0/s1. The van der Waals surface area contributed by atoms with E-state index in [-0.39, 0.29) is 5.97 Å². The fourth-order valence-corrected chi connectivity index (χ4v) is 2.38. The highest BCUT2D eigenvalue weighted by molar-refractivity contribution is 6.04. The number of carbonyl (C=O) groups is 1. The number of hydrogen-bond donors (Lipinski definition) is 0. The molecule has 114 valence electrons. The number of carbonyl (C=O) groups excluding carboxylic acids is 1. The molecule has 21 heavy (non-hydrogen) atoms. The van der Waals surface area contributed by atoms with E-state index in [0.29, 0.717) is 12.8 Å². The zero-order valence-corrected chi connectivity index (χ0v) is 13.2. The second-order valence-corrected chi connectivity index (χ2v) is 6.42. The van der Waals surface area contributed by atoms with Crippen molar-refractivity contribution in [1.29, 1.82) is 0 Å². The molecule has 0 N–H and O–H groups in total. The van der Waals surface area contributed by atoms with Gasteiger partial charge in [0.1, 0.15) is 5.60 Å². The van der Waals surface area contributed by atoms with Crippen molar-refractivity contribution in [2.45, 2.75) is 58.2 Å². The molecule has 2 rings (SSSR count). The van der Waals surface area contributed by atoms with Crippen molar-refractivity contribution in [3.63, 3.8) is 0 Å². The molecule has 0 saturated heterocycles. The quantitative estimate of drug-likeness (QED) is 0.794. The number of nitrogens with zero attached hydrogens (tertiary/aromatic N) is 1. The van der Waals surface area contributed by atoms with Crippen molar-refractivity contribution in [3.8, 4) is 0 Å². The van der Waals surface area contributed by atoms with Gasteiger partial charge in [-0.3, -0.25) is 0 Å². The Balaban J connectivity index is 2.18. The van der Waals surface area contributed by atoms with Crippen LogP contribution >= 0.6 is 0 Å². The zero-order chi connectivity index (χ0) is 15.5. The van der Waals surface area contributed by atoms with Gasteiger partial charge in [-0.15, -0.1) is 0 Å². The lowest BCUT2D eigenvalue weighted by molar-refractivity contribution is -0.181. The predicted molar refractivity (Wildman–Crippen MR) is 82.2 cm³/mol. The lowest BCUT2D eigenvalue weighted by atomic mass is 9.90. The molecular weight excluding hydrogens is 266 g/mol. The number of rotatable bonds is 4. The van der Waals surface area contributed by atoms with Crippen molar-refractivity contribution < 1.29 is 14.4 Å². The third-order valence-electron chi connectivity index (χ3n) is 3.32. The summed E-state index contributed by atoms with van der Waals surface area (Å²) in [6, 6.07) is 9.79. The monoisotopic (exact) mass is 289 g/mol. The molecular formula is C17H23NO3. The smallest absolute Gasteiger partial charge is 0.354 e. The van der Waals surface area contributed by atoms with Crippen LogP contribution in [0.25, 0.3) is 0 Å². The van der Waals surface area contributed by atoms with Crippen molar-refractivity contribution in [1.82, 2.24) is 0 Å². The van der Waals surface area contributed by atoms with Gasteiger partial charge in [0.15, 0.2) is 0 Å². The second kappa shape index (κ2) is 5.88. The highest BCUT2D eigenvalue weighted by Crippen LogP contribution is 2.33. The van der Waals surface area contributed by atoms with Crippen LogP contribution in [0, 0.1) is 0 Å². The molecule has 1 aromatic carbocycles. The van der Waals surface area contributed by atoms with Crippen LogP contribution < -0.4 is 0 Å². The number of oxime groups is 1. The summed E-state index contributed by atoms with van der Waals surface area (Å²) in [6.07, 6.45) is 1.89. The van der Waals surface area contributed by atoms with E-state index in [9.17, 15) is 4.79 Å². The van der Waals surface area contributed by atoms with Crippen LogP contribution in [0.15, 0.2) is 35.5 Å². The summed E-state index contributed by atoms with van der Waals surface area (Å²) < 4.78 is 5.52. The van der Waals surface area contributed by atoms with Crippen LogP contribution in [0.4, 0.5) is 0 Å². The Morgan fingerprint density at radius 3 is 2.57 bits per heavy atom. The summed E-state index contributed by atoms with van der Waals surface area (Å²) in [4.78, 5) is 18.1. The molecule has 0 aliphatic carbocycles. The van der Waals surface area contributed by atoms with Crippen LogP contribution in [0.1, 0.15) is 52.5 Å². The van der Waals surface area contributed by atoms with Crippen LogP contribution in [-0.4, -0.2) is 22.9 Å². The molecule has 0 saturated carbocycles. The Morgan fingerprint density at radius 1 is 1.33 bits per heavy atom. The average molecular weight is 289 g/mol. The van der Waals surface area contributed by atoms with Crippen LogP contribution in [-0.2, 0) is 14.4 Å². The van der Waals surface area contributed by atoms with E-state index in [4.69, 9.17) is 9.57 Å². The first-order valence-corrected chi connectivity index (χ1v) is 7.40. The SMILES string of the molecule is CCC[C@@]1(C(=O)OC(C)(C)C)CC(c2ccccc2)=NO1. The van der Waals surface area contributed by atoms with E-state index >= 15 is 0 Å². The number of ether oxygens (including phenoxy) is 1. The van der Waals surface area contributed by atoms with Crippen molar-refractivity contribution >= 4 is 11.7 Å². The summed E-state index contributed by atoms with van der Waals surface area (Å²) in [7, 11) is 0. The number of esters is 1. The van der Waals surface area contributed by atoms with Crippen LogP contribution in [0.5, 0.6) is 0 Å². The van der Waals surface area contributed by atoms with Crippen molar-refractivity contribution in [3.05, 3.63) is 35.9 Å². The van der Waals surface area contributed by atoms with Gasteiger partial charge in [-0.05, 0) is 26.3 Å². The number of benzene rings is 1. The first kappa shape index (κ1) is 15.5. The van der Waals surface area contributed by atoms with E-state index in [1.165, 1.54) is 0 Å². The maximum absolute atomic E-state index is 12.5. The normalized spacial score (nSPS) is 21.6. The minimum absolute atomic E-state index is 0.327. The number of hydrogen-bond acceptors (Lipinski definition) is 4. The average Bonchev–Trinajstić information content (AvgIpc) is 2.84. The lowest BCUT2D eigenvalue weighted by Crippen LogP contribution is -2.43. The molecule has 0 fully saturated rings. The molecule has 4 heteroatoms. The molecule has 0 bridgehead atoms. The third-order valence-corrected chi connectivity index (χ3v) is 3.32. The molecule has 1 aliphatic rings. The Hall–Kier alpha value is -1.84. The van der Waals surface area contributed by atoms with Gasteiger partial charge in [-0.2, -0.15) is 0 Å². The molecule has 0 radical (unpaired) electrons. The summed E-state index contributed by atoms with van der Waals surface area (Å²) in [5, 5.41) is 4.15.